The first-order valence-corrected chi connectivity index (χ1v) is 7.85. The average Bonchev–Trinajstić information content (AvgIpc) is 2.65. The Labute approximate surface area is 148 Å². The number of aromatic nitrogens is 2. The largest absolute Gasteiger partial charge is 0.468 e. The normalized spacial score (nSPS) is 10.3. The molecule has 0 amide bonds. The first-order valence-electron chi connectivity index (χ1n) is 7.85. The number of hydrogen-bond donors (Lipinski definition) is 2. The van der Waals surface area contributed by atoms with Gasteiger partial charge in [0, 0.05) is 24.9 Å². The zero-order valence-corrected chi connectivity index (χ0v) is 13.7. The highest BCUT2D eigenvalue weighted by Crippen LogP contribution is 2.27. The Morgan fingerprint density at radius 2 is 1.92 bits per heavy atom. The van der Waals surface area contributed by atoms with Crippen LogP contribution in [0.5, 0.6) is 5.88 Å². The SMILES string of the molecule is O=c1cc(CNc2ccc([N+](=O)[O-])c(OCc3ccccc3)n2)cc[nH]1. The van der Waals surface area contributed by atoms with E-state index in [0.717, 1.165) is 11.1 Å². The third-order valence-corrected chi connectivity index (χ3v) is 3.57. The molecule has 0 radical (unpaired) electrons. The molecule has 2 aromatic heterocycles. The molecule has 0 aliphatic rings. The molecule has 0 saturated carbocycles. The number of aromatic amines is 1. The van der Waals surface area contributed by atoms with Gasteiger partial charge in [0.05, 0.1) is 4.92 Å². The Balaban J connectivity index is 1.75. The van der Waals surface area contributed by atoms with Crippen LogP contribution in [0.15, 0.2) is 65.6 Å². The van der Waals surface area contributed by atoms with E-state index in [4.69, 9.17) is 4.74 Å². The Kier molecular flexibility index (Phi) is 5.23. The molecular formula is C18H16N4O4. The molecule has 1 aromatic carbocycles. The van der Waals surface area contributed by atoms with E-state index in [2.05, 4.69) is 15.3 Å². The molecule has 8 heteroatoms. The number of nitro groups is 1. The van der Waals surface area contributed by atoms with E-state index in [9.17, 15) is 14.9 Å². The first kappa shape index (κ1) is 17.2. The molecule has 0 fully saturated rings. The molecule has 0 spiro atoms. The van der Waals surface area contributed by atoms with Crippen LogP contribution in [0.3, 0.4) is 0 Å². The molecular weight excluding hydrogens is 336 g/mol. The van der Waals surface area contributed by atoms with Gasteiger partial charge in [-0.1, -0.05) is 30.3 Å². The van der Waals surface area contributed by atoms with Crippen molar-refractivity contribution in [2.75, 3.05) is 5.32 Å². The van der Waals surface area contributed by atoms with Crippen molar-refractivity contribution in [1.82, 2.24) is 9.97 Å². The molecule has 3 rings (SSSR count). The highest BCUT2D eigenvalue weighted by atomic mass is 16.6. The number of pyridine rings is 2. The second-order valence-corrected chi connectivity index (χ2v) is 5.47. The summed E-state index contributed by atoms with van der Waals surface area (Å²) in [7, 11) is 0. The molecule has 132 valence electrons. The first-order chi connectivity index (χ1) is 12.6. The molecule has 0 saturated heterocycles. The summed E-state index contributed by atoms with van der Waals surface area (Å²) in [4.78, 5) is 28.7. The van der Waals surface area contributed by atoms with E-state index in [1.807, 2.05) is 30.3 Å². The van der Waals surface area contributed by atoms with E-state index in [0.29, 0.717) is 12.4 Å². The minimum atomic E-state index is -0.534. The lowest BCUT2D eigenvalue weighted by molar-refractivity contribution is -0.386. The fourth-order valence-electron chi connectivity index (χ4n) is 2.29. The summed E-state index contributed by atoms with van der Waals surface area (Å²) in [5, 5.41) is 14.2. The predicted molar refractivity (Wildman–Crippen MR) is 96.1 cm³/mol. The summed E-state index contributed by atoms with van der Waals surface area (Å²) in [6, 6.07) is 15.4. The second kappa shape index (κ2) is 7.93. The summed E-state index contributed by atoms with van der Waals surface area (Å²) in [6.45, 7) is 0.527. The van der Waals surface area contributed by atoms with Crippen molar-refractivity contribution in [3.05, 3.63) is 92.4 Å². The maximum atomic E-state index is 11.3. The highest BCUT2D eigenvalue weighted by Gasteiger charge is 2.18. The van der Waals surface area contributed by atoms with Crippen LogP contribution in [-0.2, 0) is 13.2 Å². The number of nitrogens with one attached hydrogen (secondary N) is 2. The van der Waals surface area contributed by atoms with Crippen LogP contribution in [-0.4, -0.2) is 14.9 Å². The van der Waals surface area contributed by atoms with Gasteiger partial charge in [0.2, 0.25) is 5.56 Å². The molecule has 3 aromatic rings. The van der Waals surface area contributed by atoms with Crippen molar-refractivity contribution < 1.29 is 9.66 Å². The van der Waals surface area contributed by atoms with E-state index < -0.39 is 4.92 Å². The number of ether oxygens (including phenoxy) is 1. The number of benzene rings is 1. The molecule has 2 N–H and O–H groups in total. The molecule has 0 aliphatic carbocycles. The summed E-state index contributed by atoms with van der Waals surface area (Å²) in [5.74, 6) is 0.355. The van der Waals surface area contributed by atoms with E-state index >= 15 is 0 Å². The van der Waals surface area contributed by atoms with E-state index in [1.54, 1.807) is 12.3 Å². The van der Waals surface area contributed by atoms with Crippen LogP contribution in [0.4, 0.5) is 11.5 Å². The van der Waals surface area contributed by atoms with E-state index in [-0.39, 0.29) is 23.7 Å². The molecule has 0 atom stereocenters. The molecule has 0 bridgehead atoms. The maximum Gasteiger partial charge on any atom is 0.331 e. The number of hydrogen-bond acceptors (Lipinski definition) is 6. The monoisotopic (exact) mass is 352 g/mol. The Morgan fingerprint density at radius 1 is 1.12 bits per heavy atom. The van der Waals surface area contributed by atoms with Gasteiger partial charge in [0.25, 0.3) is 5.88 Å². The van der Waals surface area contributed by atoms with Crippen molar-refractivity contribution in [2.45, 2.75) is 13.2 Å². The van der Waals surface area contributed by atoms with Crippen LogP contribution in [0, 0.1) is 10.1 Å². The summed E-state index contributed by atoms with van der Waals surface area (Å²) >= 11 is 0. The van der Waals surface area contributed by atoms with Crippen LogP contribution in [0.2, 0.25) is 0 Å². The molecule has 8 nitrogen and oxygen atoms in total. The maximum absolute atomic E-state index is 11.3. The van der Waals surface area contributed by atoms with E-state index in [1.165, 1.54) is 18.2 Å². The average molecular weight is 352 g/mol. The number of rotatable bonds is 7. The van der Waals surface area contributed by atoms with Gasteiger partial charge in [-0.25, -0.2) is 0 Å². The Bertz CT molecular complexity index is 957. The van der Waals surface area contributed by atoms with Crippen LogP contribution < -0.4 is 15.6 Å². The minimum Gasteiger partial charge on any atom is -0.468 e. The molecule has 26 heavy (non-hydrogen) atoms. The lowest BCUT2D eigenvalue weighted by atomic mass is 10.2. The van der Waals surface area contributed by atoms with Crippen molar-refractivity contribution >= 4 is 11.5 Å². The summed E-state index contributed by atoms with van der Waals surface area (Å²) < 4.78 is 5.55. The van der Waals surface area contributed by atoms with Crippen LogP contribution in [0.1, 0.15) is 11.1 Å². The van der Waals surface area contributed by atoms with Crippen molar-refractivity contribution in [2.24, 2.45) is 0 Å². The summed E-state index contributed by atoms with van der Waals surface area (Å²) in [5.41, 5.74) is 1.24. The van der Waals surface area contributed by atoms with Gasteiger partial charge in [-0.05, 0) is 23.3 Å². The fourth-order valence-corrected chi connectivity index (χ4v) is 2.29. The number of anilines is 1. The zero-order valence-electron chi connectivity index (χ0n) is 13.7. The van der Waals surface area contributed by atoms with Crippen LogP contribution >= 0.6 is 0 Å². The third-order valence-electron chi connectivity index (χ3n) is 3.57. The predicted octanol–water partition coefficient (Wildman–Crippen LogP) is 2.87. The molecule has 0 unspecified atom stereocenters. The van der Waals surface area contributed by atoms with Gasteiger partial charge in [-0.2, -0.15) is 4.98 Å². The smallest absolute Gasteiger partial charge is 0.331 e. The fraction of sp³-hybridized carbons (Fsp3) is 0.111. The minimum absolute atomic E-state index is 0.0604. The van der Waals surface area contributed by atoms with Crippen molar-refractivity contribution in [1.29, 1.82) is 0 Å². The van der Waals surface area contributed by atoms with Gasteiger partial charge < -0.3 is 15.0 Å². The quantitative estimate of drug-likeness (QED) is 0.500. The van der Waals surface area contributed by atoms with Gasteiger partial charge in [0.1, 0.15) is 12.4 Å². The Morgan fingerprint density at radius 3 is 2.65 bits per heavy atom. The third kappa shape index (κ3) is 4.44. The number of H-pyrrole nitrogens is 1. The Hall–Kier alpha value is -3.68. The van der Waals surface area contributed by atoms with Crippen LogP contribution in [0.25, 0.3) is 0 Å². The zero-order chi connectivity index (χ0) is 18.4. The molecule has 0 aliphatic heterocycles. The van der Waals surface area contributed by atoms with Gasteiger partial charge >= 0.3 is 5.69 Å². The van der Waals surface area contributed by atoms with Crippen molar-refractivity contribution in [3.63, 3.8) is 0 Å². The van der Waals surface area contributed by atoms with Crippen molar-refractivity contribution in [3.8, 4) is 5.88 Å². The molecule has 2 heterocycles. The highest BCUT2D eigenvalue weighted by molar-refractivity contribution is 5.49. The van der Waals surface area contributed by atoms with Gasteiger partial charge in [-0.15, -0.1) is 0 Å². The summed E-state index contributed by atoms with van der Waals surface area (Å²) in [6.07, 6.45) is 1.55. The van der Waals surface area contributed by atoms with Gasteiger partial charge in [0.15, 0.2) is 0 Å². The lowest BCUT2D eigenvalue weighted by Gasteiger charge is -2.09. The standard InChI is InChI=1S/C18H16N4O4/c23-17-10-14(8-9-19-17)11-20-16-7-6-15(22(24)25)18(21-16)26-12-13-4-2-1-3-5-13/h1-10H,11-12H2,(H,19,23)(H,20,21). The topological polar surface area (TPSA) is 110 Å². The lowest BCUT2D eigenvalue weighted by Crippen LogP contribution is -2.09. The number of nitrogens with zero attached hydrogens (tertiary/aromatic N) is 2. The van der Waals surface area contributed by atoms with Gasteiger partial charge in [-0.3, -0.25) is 14.9 Å². The second-order valence-electron chi connectivity index (χ2n) is 5.47.